The van der Waals surface area contributed by atoms with Crippen molar-refractivity contribution in [3.05, 3.63) is 42.2 Å². The molecule has 1 aliphatic rings. The number of rotatable bonds is 3. The summed E-state index contributed by atoms with van der Waals surface area (Å²) in [4.78, 5) is 4.16. The highest BCUT2D eigenvalue weighted by Crippen LogP contribution is 2.27. The topological polar surface area (TPSA) is 48.1 Å². The summed E-state index contributed by atoms with van der Waals surface area (Å²) in [6.07, 6.45) is 8.53. The summed E-state index contributed by atoms with van der Waals surface area (Å²) >= 11 is 0. The van der Waals surface area contributed by atoms with Crippen molar-refractivity contribution in [1.82, 2.24) is 4.98 Å². The molecule has 3 nitrogen and oxygen atoms in total. The second kappa shape index (κ2) is 5.68. The lowest BCUT2D eigenvalue weighted by Crippen LogP contribution is -2.25. The van der Waals surface area contributed by atoms with Gasteiger partial charge in [-0.25, -0.2) is 0 Å². The van der Waals surface area contributed by atoms with E-state index in [1.807, 2.05) is 18.5 Å². The molecule has 1 fully saturated rings. The van der Waals surface area contributed by atoms with Crippen molar-refractivity contribution in [2.75, 3.05) is 6.61 Å². The first kappa shape index (κ1) is 12.6. The van der Waals surface area contributed by atoms with Crippen LogP contribution in [0.4, 0.5) is 0 Å². The first-order valence-corrected chi connectivity index (χ1v) is 7.04. The zero-order chi connectivity index (χ0) is 13.1. The van der Waals surface area contributed by atoms with Crippen molar-refractivity contribution in [2.24, 2.45) is 5.73 Å². The van der Waals surface area contributed by atoms with Crippen LogP contribution in [0, 0.1) is 0 Å². The van der Waals surface area contributed by atoms with Crippen LogP contribution >= 0.6 is 0 Å². The van der Waals surface area contributed by atoms with Crippen molar-refractivity contribution in [3.63, 3.8) is 0 Å². The molecule has 0 bridgehead atoms. The monoisotopic (exact) mass is 256 g/mol. The van der Waals surface area contributed by atoms with Gasteiger partial charge in [-0.05, 0) is 42.7 Å². The van der Waals surface area contributed by atoms with Gasteiger partial charge in [-0.1, -0.05) is 18.2 Å². The Morgan fingerprint density at radius 1 is 1.32 bits per heavy atom. The van der Waals surface area contributed by atoms with Gasteiger partial charge in [0.15, 0.2) is 0 Å². The maximum atomic E-state index is 6.39. The lowest BCUT2D eigenvalue weighted by atomic mass is 9.94. The molecule has 1 saturated heterocycles. The Hall–Kier alpha value is -1.45. The Bertz CT molecular complexity index is 544. The molecule has 0 radical (unpaired) electrons. The molecule has 1 aromatic carbocycles. The summed E-state index contributed by atoms with van der Waals surface area (Å²) in [5.41, 5.74) is 7.59. The SMILES string of the molecule is NC(CC1CCCCO1)c1cccc2cnccc12. The van der Waals surface area contributed by atoms with Crippen LogP contribution in [-0.2, 0) is 4.74 Å². The molecule has 2 aromatic rings. The Morgan fingerprint density at radius 3 is 3.11 bits per heavy atom. The lowest BCUT2D eigenvalue weighted by molar-refractivity contribution is 0.00737. The summed E-state index contributed by atoms with van der Waals surface area (Å²) in [5.74, 6) is 0. The molecule has 0 saturated carbocycles. The van der Waals surface area contributed by atoms with Gasteiger partial charge < -0.3 is 10.5 Å². The largest absolute Gasteiger partial charge is 0.378 e. The summed E-state index contributed by atoms with van der Waals surface area (Å²) in [5, 5.41) is 2.36. The van der Waals surface area contributed by atoms with Crippen LogP contribution in [0.2, 0.25) is 0 Å². The van der Waals surface area contributed by atoms with E-state index >= 15 is 0 Å². The van der Waals surface area contributed by atoms with Crippen LogP contribution in [0.5, 0.6) is 0 Å². The smallest absolute Gasteiger partial charge is 0.0593 e. The second-order valence-corrected chi connectivity index (χ2v) is 5.27. The van der Waals surface area contributed by atoms with Gasteiger partial charge >= 0.3 is 0 Å². The Balaban J connectivity index is 1.82. The van der Waals surface area contributed by atoms with E-state index in [1.54, 1.807) is 0 Å². The minimum atomic E-state index is 0.0363. The fraction of sp³-hybridized carbons (Fsp3) is 0.438. The summed E-state index contributed by atoms with van der Waals surface area (Å²) in [6.45, 7) is 0.886. The van der Waals surface area contributed by atoms with Gasteiger partial charge in [0.25, 0.3) is 0 Å². The highest BCUT2D eigenvalue weighted by Gasteiger charge is 2.19. The normalized spacial score (nSPS) is 21.4. The highest BCUT2D eigenvalue weighted by molar-refractivity contribution is 5.85. The molecule has 0 spiro atoms. The van der Waals surface area contributed by atoms with Crippen molar-refractivity contribution in [1.29, 1.82) is 0 Å². The van der Waals surface area contributed by atoms with Crippen LogP contribution in [0.3, 0.4) is 0 Å². The fourth-order valence-corrected chi connectivity index (χ4v) is 2.87. The molecule has 0 aliphatic carbocycles. The molecule has 2 N–H and O–H groups in total. The zero-order valence-electron chi connectivity index (χ0n) is 11.1. The number of aromatic nitrogens is 1. The second-order valence-electron chi connectivity index (χ2n) is 5.27. The van der Waals surface area contributed by atoms with Gasteiger partial charge in [0.2, 0.25) is 0 Å². The third-order valence-electron chi connectivity index (χ3n) is 3.90. The fourth-order valence-electron chi connectivity index (χ4n) is 2.87. The van der Waals surface area contributed by atoms with Crippen LogP contribution in [0.25, 0.3) is 10.8 Å². The Kier molecular flexibility index (Phi) is 3.76. The van der Waals surface area contributed by atoms with Gasteiger partial charge in [-0.2, -0.15) is 0 Å². The van der Waals surface area contributed by atoms with Crippen molar-refractivity contribution in [2.45, 2.75) is 37.8 Å². The first-order chi connectivity index (χ1) is 9.34. The van der Waals surface area contributed by atoms with Gasteiger partial charge in [-0.3, -0.25) is 4.98 Å². The zero-order valence-corrected chi connectivity index (χ0v) is 11.1. The molecule has 2 atom stereocenters. The summed E-state index contributed by atoms with van der Waals surface area (Å²) in [7, 11) is 0. The number of pyridine rings is 1. The van der Waals surface area contributed by atoms with Gasteiger partial charge in [0, 0.05) is 30.4 Å². The number of ether oxygens (including phenoxy) is 1. The minimum Gasteiger partial charge on any atom is -0.378 e. The molecule has 2 heterocycles. The van der Waals surface area contributed by atoms with Crippen molar-refractivity contribution < 1.29 is 4.74 Å². The van der Waals surface area contributed by atoms with Crippen LogP contribution in [0.15, 0.2) is 36.7 Å². The molecular formula is C16H20N2O. The van der Waals surface area contributed by atoms with E-state index in [-0.39, 0.29) is 6.04 Å². The van der Waals surface area contributed by atoms with Gasteiger partial charge in [0.05, 0.1) is 6.10 Å². The van der Waals surface area contributed by atoms with E-state index in [9.17, 15) is 0 Å². The third-order valence-corrected chi connectivity index (χ3v) is 3.90. The molecule has 2 unspecified atom stereocenters. The molecular weight excluding hydrogens is 236 g/mol. The standard InChI is InChI=1S/C16H20N2O/c17-16(10-13-5-1-2-9-19-13)15-6-3-4-12-11-18-8-7-14(12)15/h3-4,6-8,11,13,16H,1-2,5,9-10,17H2. The van der Waals surface area contributed by atoms with E-state index < -0.39 is 0 Å². The lowest BCUT2D eigenvalue weighted by Gasteiger charge is -2.25. The predicted molar refractivity (Wildman–Crippen MR) is 76.9 cm³/mol. The van der Waals surface area contributed by atoms with Gasteiger partial charge in [0.1, 0.15) is 0 Å². The molecule has 100 valence electrons. The molecule has 1 aliphatic heterocycles. The van der Waals surface area contributed by atoms with Gasteiger partial charge in [-0.15, -0.1) is 0 Å². The van der Waals surface area contributed by atoms with E-state index in [0.717, 1.165) is 24.8 Å². The molecule has 0 amide bonds. The molecule has 3 heteroatoms. The van der Waals surface area contributed by atoms with E-state index in [1.165, 1.54) is 23.8 Å². The van der Waals surface area contributed by atoms with Crippen LogP contribution in [-0.4, -0.2) is 17.7 Å². The number of hydrogen-bond donors (Lipinski definition) is 1. The maximum absolute atomic E-state index is 6.39. The number of fused-ring (bicyclic) bond motifs is 1. The van der Waals surface area contributed by atoms with Crippen molar-refractivity contribution >= 4 is 10.8 Å². The number of nitrogens with two attached hydrogens (primary N) is 1. The Labute approximate surface area is 113 Å². The predicted octanol–water partition coefficient (Wildman–Crippen LogP) is 3.19. The molecule has 3 rings (SSSR count). The maximum Gasteiger partial charge on any atom is 0.0593 e. The van der Waals surface area contributed by atoms with Crippen molar-refractivity contribution in [3.8, 4) is 0 Å². The number of benzene rings is 1. The minimum absolute atomic E-state index is 0.0363. The van der Waals surface area contributed by atoms with Crippen LogP contribution in [0.1, 0.15) is 37.3 Å². The summed E-state index contributed by atoms with van der Waals surface area (Å²) in [6, 6.07) is 8.34. The summed E-state index contributed by atoms with van der Waals surface area (Å²) < 4.78 is 5.79. The average molecular weight is 256 g/mol. The number of hydrogen-bond acceptors (Lipinski definition) is 3. The highest BCUT2D eigenvalue weighted by atomic mass is 16.5. The van der Waals surface area contributed by atoms with E-state index in [0.29, 0.717) is 6.10 Å². The van der Waals surface area contributed by atoms with E-state index in [2.05, 4.69) is 23.2 Å². The number of nitrogens with zero attached hydrogens (tertiary/aromatic N) is 1. The molecule has 1 aromatic heterocycles. The quantitative estimate of drug-likeness (QED) is 0.917. The first-order valence-electron chi connectivity index (χ1n) is 7.04. The average Bonchev–Trinajstić information content (AvgIpc) is 2.47. The Morgan fingerprint density at radius 2 is 2.26 bits per heavy atom. The van der Waals surface area contributed by atoms with Crippen LogP contribution < -0.4 is 5.73 Å². The third kappa shape index (κ3) is 2.77. The van der Waals surface area contributed by atoms with E-state index in [4.69, 9.17) is 10.5 Å². The molecule has 19 heavy (non-hydrogen) atoms.